The zero-order chi connectivity index (χ0) is 50.5. The van der Waals surface area contributed by atoms with E-state index in [9.17, 15) is 28.6 Å². The second-order valence-corrected chi connectivity index (χ2v) is 19.9. The van der Waals surface area contributed by atoms with Gasteiger partial charge >= 0.3 is 0 Å². The van der Waals surface area contributed by atoms with Gasteiger partial charge in [0.1, 0.15) is 47.1 Å². The summed E-state index contributed by atoms with van der Waals surface area (Å²) in [7, 11) is 3.17. The highest BCUT2D eigenvalue weighted by molar-refractivity contribution is 8.00. The van der Waals surface area contributed by atoms with Crippen molar-refractivity contribution in [3.63, 3.8) is 0 Å². The van der Waals surface area contributed by atoms with E-state index >= 15 is 8.78 Å². The summed E-state index contributed by atoms with van der Waals surface area (Å²) in [6, 6.07) is 16.3. The number of hydrogen-bond acceptors (Lipinski definition) is 16. The van der Waals surface area contributed by atoms with Gasteiger partial charge < -0.3 is 41.0 Å². The second kappa shape index (κ2) is 23.0. The van der Waals surface area contributed by atoms with Gasteiger partial charge in [0, 0.05) is 74.5 Å². The molecule has 4 aliphatic rings. The van der Waals surface area contributed by atoms with Crippen LogP contribution in [0.5, 0.6) is 11.5 Å². The lowest BCUT2D eigenvalue weighted by molar-refractivity contribution is -0.114. The number of piperidine rings is 2. The molecule has 6 aromatic rings. The smallest absolute Gasteiger partial charge is 0.235 e. The van der Waals surface area contributed by atoms with Gasteiger partial charge in [-0.3, -0.25) is 29.4 Å². The van der Waals surface area contributed by atoms with Crippen LogP contribution in [0.4, 0.5) is 29.2 Å². The van der Waals surface area contributed by atoms with Crippen LogP contribution in [-0.4, -0.2) is 141 Å². The molecule has 0 aliphatic carbocycles. The van der Waals surface area contributed by atoms with E-state index in [0.29, 0.717) is 70.0 Å². The third-order valence-corrected chi connectivity index (χ3v) is 15.2. The molecular weight excluding hydrogens is 977 g/mol. The molecule has 0 saturated carbocycles. The largest absolute Gasteiger partial charge is 0.497 e. The molecule has 0 unspecified atom stereocenters. The summed E-state index contributed by atoms with van der Waals surface area (Å²) in [6.07, 6.45) is 0.268. The highest BCUT2D eigenvalue weighted by Crippen LogP contribution is 2.34. The fourth-order valence-electron chi connectivity index (χ4n) is 9.29. The Morgan fingerprint density at radius 2 is 1.11 bits per heavy atom. The number of thioether (sulfide) groups is 2. The summed E-state index contributed by atoms with van der Waals surface area (Å²) >= 11 is 2.48. The number of aliphatic hydroxyl groups is 2. The standard InChI is InChI=1S/2C25H27F2N5O3S/c2*1-35-14-2-3-19-16(8-14)15(4-6-28-19)22(33)12-32-7-5-20(18(27)11-32)29-10-21-17(26)9-23-25(30-21)31-24(34)13-36-23/h2*2-4,6,8-9,18,20,22,29,33H,5,7,10-13H2,1H3,(H,30,31,34)/t18-,20+,22+;18-,20+,22-/m10/s1. The van der Waals surface area contributed by atoms with E-state index < -0.39 is 48.3 Å². The number of carbonyl (C=O) groups excluding carboxylic acids is 2. The van der Waals surface area contributed by atoms with Gasteiger partial charge in [0.05, 0.1) is 70.1 Å². The van der Waals surface area contributed by atoms with Crippen LogP contribution in [0, 0.1) is 11.6 Å². The maximum Gasteiger partial charge on any atom is 0.235 e. The number of halogens is 4. The van der Waals surface area contributed by atoms with Gasteiger partial charge in [-0.15, -0.1) is 23.5 Å². The number of hydrogen-bond donors (Lipinski definition) is 6. The van der Waals surface area contributed by atoms with Crippen molar-refractivity contribution in [2.24, 2.45) is 0 Å². The van der Waals surface area contributed by atoms with Crippen molar-refractivity contribution >= 4 is 68.8 Å². The Bertz CT molecular complexity index is 2750. The molecule has 8 heterocycles. The summed E-state index contributed by atoms with van der Waals surface area (Å²) in [5.41, 5.74) is 3.21. The van der Waals surface area contributed by atoms with E-state index in [-0.39, 0.29) is 74.0 Å². The lowest BCUT2D eigenvalue weighted by Gasteiger charge is -2.36. The van der Waals surface area contributed by atoms with Crippen LogP contribution in [0.3, 0.4) is 0 Å². The third-order valence-electron chi connectivity index (χ3n) is 13.1. The number of ether oxygens (including phenoxy) is 2. The molecule has 0 bridgehead atoms. The summed E-state index contributed by atoms with van der Waals surface area (Å²) in [5.74, 6) is 1.17. The zero-order valence-electron chi connectivity index (χ0n) is 39.4. The Morgan fingerprint density at radius 3 is 1.51 bits per heavy atom. The number of likely N-dealkylation sites (tertiary alicyclic amines) is 2. The van der Waals surface area contributed by atoms with Crippen molar-refractivity contribution < 1.29 is 46.8 Å². The Morgan fingerprint density at radius 1 is 0.681 bits per heavy atom. The number of nitrogens with one attached hydrogen (secondary N) is 4. The molecule has 4 aromatic heterocycles. The molecule has 2 aromatic carbocycles. The van der Waals surface area contributed by atoms with Crippen LogP contribution < -0.4 is 30.7 Å². The van der Waals surface area contributed by atoms with Crippen LogP contribution in [0.1, 0.15) is 47.6 Å². The topological polar surface area (TPSA) is 199 Å². The van der Waals surface area contributed by atoms with Crippen LogP contribution in [0.2, 0.25) is 0 Å². The predicted molar refractivity (Wildman–Crippen MR) is 267 cm³/mol. The zero-order valence-corrected chi connectivity index (χ0v) is 41.0. The number of pyridine rings is 4. The number of nitrogens with zero attached hydrogens (tertiary/aromatic N) is 6. The SMILES string of the molecule is COc1ccc2nccc([C@@H](O)CN3CC[C@@H](NCc4nc5c(cc4F)SCC(=O)N5)[C@@H](F)C3)c2c1.COc1ccc2nccc([C@@H](O)CN3CC[C@H](NCc4nc5c(cc4F)SCC(=O)N5)[C@H](F)C3)c2c1. The highest BCUT2D eigenvalue weighted by Gasteiger charge is 2.33. The van der Waals surface area contributed by atoms with Gasteiger partial charge in [0.2, 0.25) is 11.8 Å². The van der Waals surface area contributed by atoms with Gasteiger partial charge in [0.15, 0.2) is 0 Å². The van der Waals surface area contributed by atoms with Crippen molar-refractivity contribution in [2.75, 3.05) is 75.6 Å². The van der Waals surface area contributed by atoms with E-state index in [0.717, 1.165) is 21.8 Å². The molecule has 380 valence electrons. The van der Waals surface area contributed by atoms with Gasteiger partial charge in [-0.05, 0) is 97.7 Å². The van der Waals surface area contributed by atoms with Crippen LogP contribution in [0.15, 0.2) is 82.8 Å². The van der Waals surface area contributed by atoms with Crippen molar-refractivity contribution in [2.45, 2.75) is 72.4 Å². The first-order chi connectivity index (χ1) is 34.8. The minimum Gasteiger partial charge on any atom is -0.497 e. The minimum atomic E-state index is -1.20. The van der Waals surface area contributed by atoms with Crippen molar-refractivity contribution in [3.8, 4) is 11.5 Å². The molecule has 6 N–H and O–H groups in total. The first-order valence-corrected chi connectivity index (χ1v) is 25.4. The van der Waals surface area contributed by atoms with Gasteiger partial charge in [-0.2, -0.15) is 0 Å². The lowest BCUT2D eigenvalue weighted by Crippen LogP contribution is -2.51. The van der Waals surface area contributed by atoms with E-state index in [1.165, 1.54) is 35.7 Å². The Kier molecular flexibility index (Phi) is 16.4. The Labute approximate surface area is 421 Å². The van der Waals surface area contributed by atoms with Gasteiger partial charge in [-0.1, -0.05) is 0 Å². The van der Waals surface area contributed by atoms with Crippen molar-refractivity contribution in [3.05, 3.63) is 107 Å². The Hall–Kier alpha value is -5.72. The molecule has 10 rings (SSSR count). The molecule has 22 heteroatoms. The molecular formula is C50H54F4N10O6S2. The van der Waals surface area contributed by atoms with Crippen LogP contribution >= 0.6 is 23.5 Å². The number of anilines is 2. The van der Waals surface area contributed by atoms with Crippen molar-refractivity contribution in [1.82, 2.24) is 40.4 Å². The number of alkyl halides is 2. The molecule has 16 nitrogen and oxygen atoms in total. The number of aliphatic hydroxyl groups excluding tert-OH is 2. The maximum absolute atomic E-state index is 15.0. The number of methoxy groups -OCH3 is 2. The average molecular weight is 1030 g/mol. The van der Waals surface area contributed by atoms with E-state index in [1.807, 2.05) is 46.2 Å². The average Bonchev–Trinajstić information content (AvgIpc) is 3.38. The number of carbonyl (C=O) groups is 2. The summed E-state index contributed by atoms with van der Waals surface area (Å²) < 4.78 is 69.7. The van der Waals surface area contributed by atoms with Gasteiger partial charge in [-0.25, -0.2) is 27.5 Å². The normalized spacial score (nSPS) is 21.2. The summed E-state index contributed by atoms with van der Waals surface area (Å²) in [5, 5.41) is 35.0. The number of rotatable bonds is 14. The molecule has 0 spiro atoms. The van der Waals surface area contributed by atoms with E-state index in [4.69, 9.17) is 9.47 Å². The molecule has 2 fully saturated rings. The quantitative estimate of drug-likeness (QED) is 0.0683. The summed E-state index contributed by atoms with van der Waals surface area (Å²) in [4.78, 5) is 45.3. The number of aromatic nitrogens is 4. The van der Waals surface area contributed by atoms with Crippen LogP contribution in [-0.2, 0) is 22.7 Å². The maximum atomic E-state index is 15.0. The van der Waals surface area contributed by atoms with Crippen molar-refractivity contribution in [1.29, 1.82) is 0 Å². The monoisotopic (exact) mass is 1030 g/mol. The number of amides is 2. The third kappa shape index (κ3) is 12.0. The molecule has 2 amide bonds. The second-order valence-electron chi connectivity index (χ2n) is 17.9. The Balaban J connectivity index is 0.000000178. The van der Waals surface area contributed by atoms with Crippen LogP contribution in [0.25, 0.3) is 21.8 Å². The minimum absolute atomic E-state index is 0.0538. The van der Waals surface area contributed by atoms with E-state index in [1.54, 1.807) is 38.7 Å². The fourth-order valence-corrected chi connectivity index (χ4v) is 10.8. The molecule has 0 radical (unpaired) electrons. The predicted octanol–water partition coefficient (Wildman–Crippen LogP) is 6.11. The molecule has 2 saturated heterocycles. The highest BCUT2D eigenvalue weighted by atomic mass is 32.2. The number of β-amino-alcohol motifs (C(OH)–C–C–N with tert-alkyl or cyclic N) is 2. The number of benzene rings is 2. The lowest BCUT2D eigenvalue weighted by atomic mass is 10.00. The first-order valence-electron chi connectivity index (χ1n) is 23.5. The fraction of sp³-hybridized carbons (Fsp3) is 0.400. The molecule has 4 aliphatic heterocycles. The number of fused-ring (bicyclic) bond motifs is 4. The summed E-state index contributed by atoms with van der Waals surface area (Å²) in [6.45, 7) is 2.12. The molecule has 72 heavy (non-hydrogen) atoms. The molecule has 6 atom stereocenters. The first kappa shape index (κ1) is 51.2. The van der Waals surface area contributed by atoms with Gasteiger partial charge in [0.25, 0.3) is 0 Å². The van der Waals surface area contributed by atoms with E-state index in [2.05, 4.69) is 41.2 Å².